The number of thioether (sulfide) groups is 1. The van der Waals surface area contributed by atoms with Crippen molar-refractivity contribution < 1.29 is 4.79 Å². The zero-order valence-corrected chi connectivity index (χ0v) is 16.1. The molecule has 1 aromatic heterocycles. The van der Waals surface area contributed by atoms with Gasteiger partial charge in [-0.25, -0.2) is 5.43 Å². The number of carbonyl (C=O) groups excluding carboxylic acids is 1. The van der Waals surface area contributed by atoms with E-state index in [9.17, 15) is 4.79 Å². The molecule has 1 heterocycles. The highest BCUT2D eigenvalue weighted by Gasteiger charge is 2.14. The van der Waals surface area contributed by atoms with Gasteiger partial charge in [0.1, 0.15) is 0 Å². The fraction of sp³-hybridized carbons (Fsp3) is 0.200. The Morgan fingerprint density at radius 3 is 2.59 bits per heavy atom. The number of carbonyl (C=O) groups is 1. The Labute approximate surface area is 162 Å². The van der Waals surface area contributed by atoms with Gasteiger partial charge in [0.05, 0.1) is 12.0 Å². The number of hydrazone groups is 1. The molecule has 0 saturated carbocycles. The maximum atomic E-state index is 12.0. The van der Waals surface area contributed by atoms with Crippen LogP contribution in [0, 0.1) is 6.92 Å². The van der Waals surface area contributed by atoms with Gasteiger partial charge in [0, 0.05) is 12.1 Å². The number of aromatic nitrogens is 3. The van der Waals surface area contributed by atoms with E-state index in [2.05, 4.69) is 39.8 Å². The molecule has 0 radical (unpaired) electrons. The highest BCUT2D eigenvalue weighted by Crippen LogP contribution is 2.24. The van der Waals surface area contributed by atoms with Crippen LogP contribution in [0.2, 0.25) is 0 Å². The van der Waals surface area contributed by atoms with Crippen molar-refractivity contribution in [3.05, 3.63) is 65.7 Å². The van der Waals surface area contributed by atoms with Crippen molar-refractivity contribution >= 4 is 23.9 Å². The normalized spacial score (nSPS) is 11.0. The molecule has 6 nitrogen and oxygen atoms in total. The number of rotatable bonds is 7. The summed E-state index contributed by atoms with van der Waals surface area (Å²) in [6.45, 7) is 4.82. The minimum atomic E-state index is -0.185. The predicted molar refractivity (Wildman–Crippen MR) is 109 cm³/mol. The van der Waals surface area contributed by atoms with Gasteiger partial charge >= 0.3 is 0 Å². The SMILES string of the molecule is CCn1c(SCC(=O)NN=Cc2ccccc2)nnc1-c1ccc(C)cc1. The lowest BCUT2D eigenvalue weighted by atomic mass is 10.1. The van der Waals surface area contributed by atoms with Crippen molar-refractivity contribution in [2.24, 2.45) is 5.10 Å². The summed E-state index contributed by atoms with van der Waals surface area (Å²) >= 11 is 1.35. The number of hydrogen-bond acceptors (Lipinski definition) is 5. The second-order valence-corrected chi connectivity index (χ2v) is 6.85. The highest BCUT2D eigenvalue weighted by atomic mass is 32.2. The van der Waals surface area contributed by atoms with Crippen molar-refractivity contribution in [1.82, 2.24) is 20.2 Å². The highest BCUT2D eigenvalue weighted by molar-refractivity contribution is 7.99. The van der Waals surface area contributed by atoms with Gasteiger partial charge in [0.25, 0.3) is 5.91 Å². The van der Waals surface area contributed by atoms with Gasteiger partial charge in [-0.15, -0.1) is 10.2 Å². The van der Waals surface area contributed by atoms with Crippen molar-refractivity contribution in [3.8, 4) is 11.4 Å². The first-order valence-electron chi connectivity index (χ1n) is 8.67. The minimum Gasteiger partial charge on any atom is -0.302 e. The van der Waals surface area contributed by atoms with E-state index in [1.54, 1.807) is 6.21 Å². The Morgan fingerprint density at radius 1 is 1.15 bits per heavy atom. The Kier molecular flexibility index (Phi) is 6.38. The smallest absolute Gasteiger partial charge is 0.250 e. The lowest BCUT2D eigenvalue weighted by Crippen LogP contribution is -2.20. The molecule has 2 aromatic carbocycles. The molecule has 0 aliphatic carbocycles. The third kappa shape index (κ3) is 5.04. The second-order valence-electron chi connectivity index (χ2n) is 5.91. The molecule has 1 N–H and O–H groups in total. The van der Waals surface area contributed by atoms with Crippen LogP contribution >= 0.6 is 11.8 Å². The molecule has 0 fully saturated rings. The summed E-state index contributed by atoms with van der Waals surface area (Å²) in [4.78, 5) is 12.0. The Bertz CT molecular complexity index is 919. The van der Waals surface area contributed by atoms with E-state index in [1.165, 1.54) is 17.3 Å². The Hall–Kier alpha value is -2.93. The molecule has 0 spiro atoms. The summed E-state index contributed by atoms with van der Waals surface area (Å²) in [6, 6.07) is 17.8. The lowest BCUT2D eigenvalue weighted by molar-refractivity contribution is -0.118. The van der Waals surface area contributed by atoms with Crippen LogP contribution in [0.15, 0.2) is 64.9 Å². The summed E-state index contributed by atoms with van der Waals surface area (Å²) in [7, 11) is 0. The number of amides is 1. The van der Waals surface area contributed by atoms with Gasteiger partial charge in [-0.05, 0) is 19.4 Å². The molecule has 0 atom stereocenters. The predicted octanol–water partition coefficient (Wildman–Crippen LogP) is 3.52. The van der Waals surface area contributed by atoms with E-state index in [0.29, 0.717) is 0 Å². The molecular formula is C20H21N5OS. The maximum Gasteiger partial charge on any atom is 0.250 e. The number of hydrogen-bond donors (Lipinski definition) is 1. The zero-order valence-electron chi connectivity index (χ0n) is 15.3. The topological polar surface area (TPSA) is 72.2 Å². The molecule has 1 amide bonds. The van der Waals surface area contributed by atoms with Gasteiger partial charge in [-0.1, -0.05) is 71.9 Å². The van der Waals surface area contributed by atoms with Crippen LogP contribution in [0.1, 0.15) is 18.1 Å². The molecule has 0 saturated heterocycles. The van der Waals surface area contributed by atoms with Crippen LogP contribution in [0.3, 0.4) is 0 Å². The van der Waals surface area contributed by atoms with Crippen LogP contribution in [0.5, 0.6) is 0 Å². The van der Waals surface area contributed by atoms with E-state index >= 15 is 0 Å². The summed E-state index contributed by atoms with van der Waals surface area (Å²) in [6.07, 6.45) is 1.62. The molecule has 0 aliphatic heterocycles. The van der Waals surface area contributed by atoms with E-state index < -0.39 is 0 Å². The van der Waals surface area contributed by atoms with Crippen molar-refractivity contribution in [3.63, 3.8) is 0 Å². The van der Waals surface area contributed by atoms with Gasteiger partial charge in [0.2, 0.25) is 0 Å². The lowest BCUT2D eigenvalue weighted by Gasteiger charge is -2.07. The molecule has 0 aliphatic rings. The summed E-state index contributed by atoms with van der Waals surface area (Å²) < 4.78 is 2.01. The van der Waals surface area contributed by atoms with Gasteiger partial charge in [-0.2, -0.15) is 5.10 Å². The average Bonchev–Trinajstić information content (AvgIpc) is 3.10. The van der Waals surface area contributed by atoms with Crippen molar-refractivity contribution in [2.75, 3.05) is 5.75 Å². The standard InChI is InChI=1S/C20H21N5OS/c1-3-25-19(17-11-9-15(2)10-12-17)23-24-20(25)27-14-18(26)22-21-13-16-7-5-4-6-8-16/h4-13H,3,14H2,1-2H3,(H,22,26). The van der Waals surface area contributed by atoms with Crippen LogP contribution in [-0.4, -0.2) is 32.6 Å². The van der Waals surface area contributed by atoms with Crippen LogP contribution in [0.4, 0.5) is 0 Å². The average molecular weight is 379 g/mol. The maximum absolute atomic E-state index is 12.0. The minimum absolute atomic E-state index is 0.185. The monoisotopic (exact) mass is 379 g/mol. The molecule has 3 rings (SSSR count). The van der Waals surface area contributed by atoms with Gasteiger partial charge in [0.15, 0.2) is 11.0 Å². The third-order valence-corrected chi connectivity index (χ3v) is 4.84. The Balaban J connectivity index is 1.60. The first kappa shape index (κ1) is 18.8. The van der Waals surface area contributed by atoms with E-state index in [0.717, 1.165) is 28.7 Å². The Morgan fingerprint density at radius 2 is 1.89 bits per heavy atom. The largest absolute Gasteiger partial charge is 0.302 e. The third-order valence-electron chi connectivity index (χ3n) is 3.88. The molecular weight excluding hydrogens is 358 g/mol. The molecule has 0 bridgehead atoms. The van der Waals surface area contributed by atoms with Gasteiger partial charge in [-0.3, -0.25) is 4.79 Å². The molecule has 0 unspecified atom stereocenters. The molecule has 138 valence electrons. The summed E-state index contributed by atoms with van der Waals surface area (Å²) in [5.74, 6) is 0.843. The van der Waals surface area contributed by atoms with Crippen molar-refractivity contribution in [2.45, 2.75) is 25.5 Å². The molecule has 7 heteroatoms. The second kappa shape index (κ2) is 9.14. The zero-order chi connectivity index (χ0) is 19.1. The van der Waals surface area contributed by atoms with Crippen LogP contribution in [-0.2, 0) is 11.3 Å². The summed E-state index contributed by atoms with van der Waals surface area (Å²) in [5, 5.41) is 13.2. The first-order valence-corrected chi connectivity index (χ1v) is 9.66. The van der Waals surface area contributed by atoms with Crippen LogP contribution < -0.4 is 5.43 Å². The van der Waals surface area contributed by atoms with Gasteiger partial charge < -0.3 is 4.57 Å². The number of nitrogens with zero attached hydrogens (tertiary/aromatic N) is 4. The fourth-order valence-corrected chi connectivity index (χ4v) is 3.27. The molecule has 27 heavy (non-hydrogen) atoms. The van der Waals surface area contributed by atoms with E-state index in [-0.39, 0.29) is 11.7 Å². The van der Waals surface area contributed by atoms with Crippen molar-refractivity contribution in [1.29, 1.82) is 0 Å². The first-order chi connectivity index (χ1) is 13.2. The van der Waals surface area contributed by atoms with E-state index in [4.69, 9.17) is 0 Å². The fourth-order valence-electron chi connectivity index (χ4n) is 2.48. The summed E-state index contributed by atoms with van der Waals surface area (Å²) in [5.41, 5.74) is 5.68. The van der Waals surface area contributed by atoms with Crippen LogP contribution in [0.25, 0.3) is 11.4 Å². The number of aryl methyl sites for hydroxylation is 1. The number of benzene rings is 2. The molecule has 3 aromatic rings. The van der Waals surface area contributed by atoms with E-state index in [1.807, 2.05) is 54.0 Å². The quantitative estimate of drug-likeness (QED) is 0.387. The number of nitrogens with one attached hydrogen (secondary N) is 1.